The van der Waals surface area contributed by atoms with Crippen LogP contribution >= 0.6 is 11.3 Å². The Morgan fingerprint density at radius 2 is 1.66 bits per heavy atom. The van der Waals surface area contributed by atoms with Gasteiger partial charge in [0.2, 0.25) is 4.96 Å². The van der Waals surface area contributed by atoms with E-state index in [1.54, 1.807) is 28.8 Å². The van der Waals surface area contributed by atoms with Crippen molar-refractivity contribution in [3.8, 4) is 0 Å². The number of hydrogen-bond acceptors (Lipinski definition) is 7. The number of nitrogens with zero attached hydrogens (tertiary/aromatic N) is 7. The number of imide groups is 1. The summed E-state index contributed by atoms with van der Waals surface area (Å²) in [5.41, 5.74) is 2.88. The van der Waals surface area contributed by atoms with Crippen LogP contribution in [0.1, 0.15) is 37.4 Å². The molecule has 2 amide bonds. The van der Waals surface area contributed by atoms with Gasteiger partial charge >= 0.3 is 0 Å². The summed E-state index contributed by atoms with van der Waals surface area (Å²) in [5.74, 6) is 1.09. The predicted octanol–water partition coefficient (Wildman–Crippen LogP) is 2.73. The Morgan fingerprint density at radius 1 is 0.938 bits per heavy atom. The number of hydrogen-bond donors (Lipinski definition) is 0. The fourth-order valence-corrected chi connectivity index (χ4v) is 4.92. The molecule has 0 saturated carbocycles. The second kappa shape index (κ2) is 7.06. The number of benzene rings is 2. The molecule has 0 bridgehead atoms. The third kappa shape index (κ3) is 2.83. The zero-order valence-electron chi connectivity index (χ0n) is 17.1. The van der Waals surface area contributed by atoms with E-state index in [2.05, 4.69) is 24.8 Å². The SMILES string of the molecule is Cc1nc2ccccc2n1Cc1nnc2sc(CCN3C(=O)c4ccccc4C3=O)nn12. The molecule has 4 heterocycles. The number of fused-ring (bicyclic) bond motifs is 3. The molecule has 0 fully saturated rings. The minimum Gasteiger partial charge on any atom is -0.320 e. The third-order valence-electron chi connectivity index (χ3n) is 5.67. The lowest BCUT2D eigenvalue weighted by molar-refractivity contribution is 0.0656. The van der Waals surface area contributed by atoms with Gasteiger partial charge in [0.15, 0.2) is 5.82 Å². The van der Waals surface area contributed by atoms with Crippen molar-refractivity contribution >= 4 is 39.1 Å². The van der Waals surface area contributed by atoms with E-state index in [9.17, 15) is 9.59 Å². The second-order valence-electron chi connectivity index (χ2n) is 7.60. The molecule has 2 aromatic carbocycles. The lowest BCUT2D eigenvalue weighted by Crippen LogP contribution is -2.31. The van der Waals surface area contributed by atoms with Gasteiger partial charge in [-0.15, -0.1) is 10.2 Å². The molecule has 0 unspecified atom stereocenters. The summed E-state index contributed by atoms with van der Waals surface area (Å²) < 4.78 is 3.82. The highest BCUT2D eigenvalue weighted by Gasteiger charge is 2.34. The number of carbonyl (C=O) groups excluding carboxylic acids is 2. The van der Waals surface area contributed by atoms with Gasteiger partial charge in [0.05, 0.1) is 28.7 Å². The zero-order valence-corrected chi connectivity index (χ0v) is 17.9. The van der Waals surface area contributed by atoms with Crippen LogP contribution in [0.25, 0.3) is 16.0 Å². The Balaban J connectivity index is 1.24. The van der Waals surface area contributed by atoms with Crippen molar-refractivity contribution in [1.82, 2.24) is 34.3 Å². The molecule has 10 heteroatoms. The summed E-state index contributed by atoms with van der Waals surface area (Å²) in [6, 6.07) is 14.9. The molecule has 32 heavy (non-hydrogen) atoms. The van der Waals surface area contributed by atoms with E-state index >= 15 is 0 Å². The molecule has 0 atom stereocenters. The highest BCUT2D eigenvalue weighted by molar-refractivity contribution is 7.16. The summed E-state index contributed by atoms with van der Waals surface area (Å²) in [6.07, 6.45) is 0.464. The average Bonchev–Trinajstić information content (AvgIpc) is 3.52. The van der Waals surface area contributed by atoms with Crippen LogP contribution in [0, 0.1) is 6.92 Å². The number of para-hydroxylation sites is 2. The minimum absolute atomic E-state index is 0.253. The molecule has 0 N–H and O–H groups in total. The van der Waals surface area contributed by atoms with Gasteiger partial charge in [0.1, 0.15) is 10.8 Å². The maximum Gasteiger partial charge on any atom is 0.261 e. The first kappa shape index (κ1) is 18.8. The van der Waals surface area contributed by atoms with Crippen LogP contribution < -0.4 is 0 Å². The van der Waals surface area contributed by atoms with Crippen molar-refractivity contribution < 1.29 is 9.59 Å². The molecule has 1 aliphatic heterocycles. The van der Waals surface area contributed by atoms with Crippen molar-refractivity contribution in [2.45, 2.75) is 19.9 Å². The number of imidazole rings is 1. The van der Waals surface area contributed by atoms with Crippen molar-refractivity contribution in [2.24, 2.45) is 0 Å². The number of carbonyl (C=O) groups is 2. The maximum absolute atomic E-state index is 12.6. The lowest BCUT2D eigenvalue weighted by Gasteiger charge is -2.12. The quantitative estimate of drug-likeness (QED) is 0.388. The molecule has 0 spiro atoms. The fraction of sp³-hybridized carbons (Fsp3) is 0.182. The zero-order chi connectivity index (χ0) is 21.8. The number of aromatic nitrogens is 6. The normalized spacial score (nSPS) is 13.6. The van der Waals surface area contributed by atoms with Gasteiger partial charge in [0.25, 0.3) is 11.8 Å². The van der Waals surface area contributed by atoms with Crippen LogP contribution in [-0.2, 0) is 13.0 Å². The molecule has 158 valence electrons. The van der Waals surface area contributed by atoms with Crippen LogP contribution in [-0.4, -0.2) is 52.6 Å². The van der Waals surface area contributed by atoms with Gasteiger partial charge in [0, 0.05) is 13.0 Å². The Labute approximate surface area is 185 Å². The number of rotatable bonds is 5. The molecule has 1 aliphatic rings. The lowest BCUT2D eigenvalue weighted by atomic mass is 10.1. The Kier molecular flexibility index (Phi) is 4.15. The summed E-state index contributed by atoms with van der Waals surface area (Å²) >= 11 is 1.41. The Hall–Kier alpha value is -3.92. The topological polar surface area (TPSA) is 98.3 Å². The van der Waals surface area contributed by atoms with Gasteiger partial charge in [-0.3, -0.25) is 14.5 Å². The van der Waals surface area contributed by atoms with E-state index in [-0.39, 0.29) is 18.4 Å². The van der Waals surface area contributed by atoms with Crippen molar-refractivity contribution in [3.63, 3.8) is 0 Å². The summed E-state index contributed by atoms with van der Waals surface area (Å²) in [5, 5.41) is 14.0. The largest absolute Gasteiger partial charge is 0.320 e. The highest BCUT2D eigenvalue weighted by atomic mass is 32.1. The van der Waals surface area contributed by atoms with Gasteiger partial charge in [-0.1, -0.05) is 35.6 Å². The Morgan fingerprint density at radius 3 is 2.44 bits per heavy atom. The van der Waals surface area contributed by atoms with Crippen LogP contribution in [0.3, 0.4) is 0 Å². The average molecular weight is 443 g/mol. The van der Waals surface area contributed by atoms with Gasteiger partial charge < -0.3 is 4.57 Å². The van der Waals surface area contributed by atoms with E-state index < -0.39 is 0 Å². The minimum atomic E-state index is -0.253. The summed E-state index contributed by atoms with van der Waals surface area (Å²) in [4.78, 5) is 31.7. The molecular formula is C22H17N7O2S. The van der Waals surface area contributed by atoms with Crippen LogP contribution in [0.4, 0.5) is 0 Å². The van der Waals surface area contributed by atoms with Crippen LogP contribution in [0.15, 0.2) is 48.5 Å². The van der Waals surface area contributed by atoms with E-state index in [1.165, 1.54) is 16.2 Å². The van der Waals surface area contributed by atoms with Crippen molar-refractivity contribution in [2.75, 3.05) is 6.54 Å². The first-order valence-corrected chi connectivity index (χ1v) is 11.0. The molecule has 3 aromatic heterocycles. The highest BCUT2D eigenvalue weighted by Crippen LogP contribution is 2.24. The van der Waals surface area contributed by atoms with E-state index in [0.29, 0.717) is 34.9 Å². The number of amides is 2. The smallest absolute Gasteiger partial charge is 0.261 e. The van der Waals surface area contributed by atoms with Gasteiger partial charge in [-0.05, 0) is 31.2 Å². The van der Waals surface area contributed by atoms with Crippen molar-refractivity contribution in [3.05, 3.63) is 76.3 Å². The molecule has 6 rings (SSSR count). The van der Waals surface area contributed by atoms with E-state index in [4.69, 9.17) is 0 Å². The number of aryl methyl sites for hydroxylation is 1. The summed E-state index contributed by atoms with van der Waals surface area (Å²) in [7, 11) is 0. The molecule has 0 saturated heterocycles. The molecular weight excluding hydrogens is 426 g/mol. The van der Waals surface area contributed by atoms with Gasteiger partial charge in [-0.2, -0.15) is 9.61 Å². The standard InChI is InChI=1S/C22H17N7O2S/c1-13-23-16-8-4-5-9-17(16)28(13)12-18-24-25-22-29(18)26-19(32-22)10-11-27-20(30)14-6-2-3-7-15(14)21(27)31/h2-9H,10-12H2,1H3. The first-order valence-electron chi connectivity index (χ1n) is 10.2. The molecule has 5 aromatic rings. The fourth-order valence-electron chi connectivity index (χ4n) is 4.08. The predicted molar refractivity (Wildman–Crippen MR) is 118 cm³/mol. The second-order valence-corrected chi connectivity index (χ2v) is 8.64. The van der Waals surface area contributed by atoms with Crippen LogP contribution in [0.5, 0.6) is 0 Å². The molecule has 9 nitrogen and oxygen atoms in total. The van der Waals surface area contributed by atoms with E-state index in [0.717, 1.165) is 21.9 Å². The first-order chi connectivity index (χ1) is 15.6. The van der Waals surface area contributed by atoms with E-state index in [1.807, 2.05) is 31.2 Å². The van der Waals surface area contributed by atoms with Crippen molar-refractivity contribution in [1.29, 1.82) is 0 Å². The maximum atomic E-state index is 12.6. The van der Waals surface area contributed by atoms with Gasteiger partial charge in [-0.25, -0.2) is 4.98 Å². The third-order valence-corrected chi connectivity index (χ3v) is 6.63. The molecule has 0 aliphatic carbocycles. The Bertz CT molecular complexity index is 1490. The monoisotopic (exact) mass is 443 g/mol. The molecule has 0 radical (unpaired) electrons. The van der Waals surface area contributed by atoms with Crippen LogP contribution in [0.2, 0.25) is 0 Å². The summed E-state index contributed by atoms with van der Waals surface area (Å²) in [6.45, 7) is 2.74.